The number of benzene rings is 1. The second kappa shape index (κ2) is 7.88. The molecule has 1 rings (SSSR count). The van der Waals surface area contributed by atoms with E-state index in [-0.39, 0.29) is 6.04 Å². The third-order valence-corrected chi connectivity index (χ3v) is 4.41. The van der Waals surface area contributed by atoms with Gasteiger partial charge in [-0.2, -0.15) is 0 Å². The minimum atomic E-state index is 0.0452. The molecule has 0 aliphatic rings. The lowest BCUT2D eigenvalue weighted by Gasteiger charge is -2.18. The van der Waals surface area contributed by atoms with E-state index in [0.29, 0.717) is 17.2 Å². The lowest BCUT2D eigenvalue weighted by atomic mass is 10.1. The van der Waals surface area contributed by atoms with Crippen molar-refractivity contribution in [2.45, 2.75) is 37.6 Å². The summed E-state index contributed by atoms with van der Waals surface area (Å²) >= 11 is 8.14. The molecule has 0 amide bonds. The first-order valence-corrected chi connectivity index (χ1v) is 7.73. The Kier molecular flexibility index (Phi) is 6.83. The van der Waals surface area contributed by atoms with Gasteiger partial charge in [-0.25, -0.2) is 0 Å². The maximum atomic E-state index is 6.45. The maximum absolute atomic E-state index is 6.45. The highest BCUT2D eigenvalue weighted by molar-refractivity contribution is 7.99. The molecule has 1 aromatic rings. The first-order chi connectivity index (χ1) is 9.04. The van der Waals surface area contributed by atoms with Crippen LogP contribution in [-0.2, 0) is 6.42 Å². The average Bonchev–Trinajstić information content (AvgIpc) is 2.36. The van der Waals surface area contributed by atoms with Gasteiger partial charge >= 0.3 is 0 Å². The third-order valence-electron chi connectivity index (χ3n) is 2.64. The largest absolute Gasteiger partial charge is 0.496 e. The van der Waals surface area contributed by atoms with Gasteiger partial charge in [0, 0.05) is 11.6 Å². The number of halogens is 1. The average molecular weight is 304 g/mol. The second-order valence-electron chi connectivity index (χ2n) is 4.44. The zero-order chi connectivity index (χ0) is 14.4. The standard InChI is InChI=1S/C14H22ClNO2S/c1-5-6-19-14-11(17-3)8-10(7-9(2)16)13(18-4)12(14)15/h8-9H,5-7,16H2,1-4H3. The molecule has 0 fully saturated rings. The molecule has 1 unspecified atom stereocenters. The first-order valence-electron chi connectivity index (χ1n) is 6.36. The predicted octanol–water partition coefficient (Wildman–Crippen LogP) is 3.75. The van der Waals surface area contributed by atoms with Crippen molar-refractivity contribution in [1.82, 2.24) is 0 Å². The molecule has 3 nitrogen and oxygen atoms in total. The van der Waals surface area contributed by atoms with E-state index in [4.69, 9.17) is 26.8 Å². The maximum Gasteiger partial charge on any atom is 0.142 e. The third kappa shape index (κ3) is 4.20. The van der Waals surface area contributed by atoms with E-state index >= 15 is 0 Å². The Bertz CT molecular complexity index is 424. The monoisotopic (exact) mass is 303 g/mol. The summed E-state index contributed by atoms with van der Waals surface area (Å²) in [4.78, 5) is 0.941. The Labute approximate surface area is 124 Å². The van der Waals surface area contributed by atoms with E-state index in [9.17, 15) is 0 Å². The molecule has 0 heterocycles. The quantitative estimate of drug-likeness (QED) is 0.779. The topological polar surface area (TPSA) is 44.5 Å². The van der Waals surface area contributed by atoms with Gasteiger partial charge in [-0.05, 0) is 31.6 Å². The second-order valence-corrected chi connectivity index (χ2v) is 5.93. The van der Waals surface area contributed by atoms with E-state index in [0.717, 1.165) is 28.4 Å². The number of hydrogen-bond acceptors (Lipinski definition) is 4. The molecule has 1 atom stereocenters. The van der Waals surface area contributed by atoms with E-state index in [1.807, 2.05) is 13.0 Å². The summed E-state index contributed by atoms with van der Waals surface area (Å²) in [6.07, 6.45) is 1.78. The van der Waals surface area contributed by atoms with E-state index < -0.39 is 0 Å². The Balaban J connectivity index is 3.25. The number of methoxy groups -OCH3 is 2. The number of rotatable bonds is 7. The smallest absolute Gasteiger partial charge is 0.142 e. The van der Waals surface area contributed by atoms with Crippen LogP contribution in [0.1, 0.15) is 25.8 Å². The molecular formula is C14H22ClNO2S. The number of nitrogens with two attached hydrogens (primary N) is 1. The van der Waals surface area contributed by atoms with Gasteiger partial charge in [0.2, 0.25) is 0 Å². The molecule has 19 heavy (non-hydrogen) atoms. The summed E-state index contributed by atoms with van der Waals surface area (Å²) in [5.74, 6) is 2.49. The zero-order valence-corrected chi connectivity index (χ0v) is 13.5. The van der Waals surface area contributed by atoms with Gasteiger partial charge in [0.05, 0.1) is 19.1 Å². The van der Waals surface area contributed by atoms with Crippen LogP contribution >= 0.6 is 23.4 Å². The highest BCUT2D eigenvalue weighted by Gasteiger charge is 2.19. The predicted molar refractivity (Wildman–Crippen MR) is 82.9 cm³/mol. The fraction of sp³-hybridized carbons (Fsp3) is 0.571. The highest BCUT2D eigenvalue weighted by atomic mass is 35.5. The molecule has 0 aromatic heterocycles. The lowest BCUT2D eigenvalue weighted by Crippen LogP contribution is -2.18. The zero-order valence-electron chi connectivity index (χ0n) is 12.0. The van der Waals surface area contributed by atoms with Crippen LogP contribution in [0.2, 0.25) is 5.02 Å². The van der Waals surface area contributed by atoms with Gasteiger partial charge < -0.3 is 15.2 Å². The number of hydrogen-bond donors (Lipinski definition) is 1. The van der Waals surface area contributed by atoms with E-state index in [1.165, 1.54) is 0 Å². The van der Waals surface area contributed by atoms with Crippen LogP contribution in [0, 0.1) is 0 Å². The van der Waals surface area contributed by atoms with Crippen LogP contribution < -0.4 is 15.2 Å². The van der Waals surface area contributed by atoms with Crippen molar-refractivity contribution >= 4 is 23.4 Å². The first kappa shape index (κ1) is 16.5. The van der Waals surface area contributed by atoms with Crippen molar-refractivity contribution < 1.29 is 9.47 Å². The Morgan fingerprint density at radius 1 is 1.37 bits per heavy atom. The van der Waals surface area contributed by atoms with Gasteiger partial charge in [-0.3, -0.25) is 0 Å². The summed E-state index contributed by atoms with van der Waals surface area (Å²) in [5.41, 5.74) is 6.85. The van der Waals surface area contributed by atoms with Crippen molar-refractivity contribution in [3.63, 3.8) is 0 Å². The molecule has 0 spiro atoms. The van der Waals surface area contributed by atoms with Crippen LogP contribution in [0.15, 0.2) is 11.0 Å². The Morgan fingerprint density at radius 2 is 2.05 bits per heavy atom. The number of ether oxygens (including phenoxy) is 2. The molecule has 0 bridgehead atoms. The molecule has 0 saturated carbocycles. The molecule has 108 valence electrons. The van der Waals surface area contributed by atoms with Crippen LogP contribution in [0.4, 0.5) is 0 Å². The van der Waals surface area contributed by atoms with Crippen molar-refractivity contribution in [3.8, 4) is 11.5 Å². The van der Waals surface area contributed by atoms with Crippen LogP contribution in [0.5, 0.6) is 11.5 Å². The molecule has 0 aliphatic heterocycles. The SMILES string of the molecule is CCCSc1c(OC)cc(CC(C)N)c(OC)c1Cl. The van der Waals surface area contributed by atoms with Crippen LogP contribution in [0.25, 0.3) is 0 Å². The van der Waals surface area contributed by atoms with Crippen molar-refractivity contribution in [2.24, 2.45) is 5.73 Å². The highest BCUT2D eigenvalue weighted by Crippen LogP contribution is 2.44. The van der Waals surface area contributed by atoms with Crippen molar-refractivity contribution in [3.05, 3.63) is 16.7 Å². The Hall–Kier alpha value is -0.580. The molecule has 0 aliphatic carbocycles. The Morgan fingerprint density at radius 3 is 2.53 bits per heavy atom. The van der Waals surface area contributed by atoms with Crippen LogP contribution in [-0.4, -0.2) is 26.0 Å². The van der Waals surface area contributed by atoms with Gasteiger partial charge in [0.15, 0.2) is 0 Å². The van der Waals surface area contributed by atoms with Crippen molar-refractivity contribution in [1.29, 1.82) is 0 Å². The minimum absolute atomic E-state index is 0.0452. The summed E-state index contributed by atoms with van der Waals surface area (Å²) in [6, 6.07) is 2.02. The molecule has 5 heteroatoms. The van der Waals surface area contributed by atoms with Gasteiger partial charge in [0.25, 0.3) is 0 Å². The van der Waals surface area contributed by atoms with Crippen LogP contribution in [0.3, 0.4) is 0 Å². The summed E-state index contributed by atoms with van der Waals surface area (Å²) in [6.45, 7) is 4.09. The van der Waals surface area contributed by atoms with Gasteiger partial charge in [0.1, 0.15) is 16.5 Å². The van der Waals surface area contributed by atoms with E-state index in [2.05, 4.69) is 6.92 Å². The molecule has 0 saturated heterocycles. The lowest BCUT2D eigenvalue weighted by molar-refractivity contribution is 0.390. The molecule has 0 radical (unpaired) electrons. The summed E-state index contributed by atoms with van der Waals surface area (Å²) in [5, 5.41) is 0.621. The fourth-order valence-electron chi connectivity index (χ4n) is 1.85. The normalized spacial score (nSPS) is 12.3. The summed E-state index contributed by atoms with van der Waals surface area (Å²) in [7, 11) is 3.29. The fourth-order valence-corrected chi connectivity index (χ4v) is 3.22. The minimum Gasteiger partial charge on any atom is -0.496 e. The molecule has 1 aromatic carbocycles. The molecule has 2 N–H and O–H groups in total. The summed E-state index contributed by atoms with van der Waals surface area (Å²) < 4.78 is 10.9. The van der Waals surface area contributed by atoms with Gasteiger partial charge in [-0.15, -0.1) is 11.8 Å². The van der Waals surface area contributed by atoms with Crippen molar-refractivity contribution in [2.75, 3.05) is 20.0 Å². The number of thioether (sulfide) groups is 1. The van der Waals surface area contributed by atoms with Gasteiger partial charge in [-0.1, -0.05) is 18.5 Å². The van der Waals surface area contributed by atoms with E-state index in [1.54, 1.807) is 26.0 Å². The molecular weight excluding hydrogens is 282 g/mol.